The zero-order valence-electron chi connectivity index (χ0n) is 14.9. The van der Waals surface area contributed by atoms with Crippen LogP contribution >= 0.6 is 7.26 Å². The lowest BCUT2D eigenvalue weighted by Gasteiger charge is -2.18. The number of allylic oxidation sites excluding steroid dienone is 2. The van der Waals surface area contributed by atoms with Crippen molar-refractivity contribution in [3.05, 3.63) is 65.3 Å². The number of furan rings is 3. The highest BCUT2D eigenvalue weighted by Crippen LogP contribution is 2.56. The molecule has 0 radical (unpaired) electrons. The van der Waals surface area contributed by atoms with Crippen LogP contribution in [0, 0.1) is 20.8 Å². The van der Waals surface area contributed by atoms with Crippen LogP contribution in [0.5, 0.6) is 0 Å². The van der Waals surface area contributed by atoms with Gasteiger partial charge in [0.2, 0.25) is 7.26 Å². The standard InChI is InChI=1S/C20H24O3P/c1-14(2)12-13-24(18-9-6-15(3)21-18,19-10-7-16(4)22-19)20-11-8-17(5)23-20/h6-12H,13H2,1-5H3/q+1. The van der Waals surface area contributed by atoms with Crippen LogP contribution in [0.1, 0.15) is 31.1 Å². The minimum Gasteiger partial charge on any atom is -0.431 e. The van der Waals surface area contributed by atoms with E-state index in [1.165, 1.54) is 5.57 Å². The first-order chi connectivity index (χ1) is 11.4. The van der Waals surface area contributed by atoms with E-state index in [1.54, 1.807) is 0 Å². The molecule has 3 heterocycles. The molecular weight excluding hydrogens is 319 g/mol. The van der Waals surface area contributed by atoms with Crippen molar-refractivity contribution in [2.24, 2.45) is 0 Å². The maximum Gasteiger partial charge on any atom is 0.263 e. The van der Waals surface area contributed by atoms with E-state index in [1.807, 2.05) is 39.0 Å². The van der Waals surface area contributed by atoms with Gasteiger partial charge in [0.1, 0.15) is 23.4 Å². The Balaban J connectivity index is 2.28. The molecule has 3 nitrogen and oxygen atoms in total. The summed E-state index contributed by atoms with van der Waals surface area (Å²) in [5, 5.41) is 0. The lowest BCUT2D eigenvalue weighted by Crippen LogP contribution is -2.31. The predicted molar refractivity (Wildman–Crippen MR) is 100 cm³/mol. The molecule has 0 unspecified atom stereocenters. The predicted octanol–water partition coefficient (Wildman–Crippen LogP) is 4.65. The minimum atomic E-state index is -2.12. The first kappa shape index (κ1) is 16.9. The molecule has 126 valence electrons. The Labute approximate surface area is 143 Å². The molecule has 3 aromatic rings. The fraction of sp³-hybridized carbons (Fsp3) is 0.300. The zero-order valence-corrected chi connectivity index (χ0v) is 15.8. The van der Waals surface area contributed by atoms with Gasteiger partial charge in [0.25, 0.3) is 16.5 Å². The maximum absolute atomic E-state index is 6.11. The van der Waals surface area contributed by atoms with Gasteiger partial charge in [-0.25, -0.2) is 0 Å². The number of aryl methyl sites for hydroxylation is 3. The van der Waals surface area contributed by atoms with Gasteiger partial charge in [-0.05, 0) is 58.9 Å². The van der Waals surface area contributed by atoms with Gasteiger partial charge in [0, 0.05) is 18.2 Å². The summed E-state index contributed by atoms with van der Waals surface area (Å²) in [5.74, 6) is 2.70. The van der Waals surface area contributed by atoms with Gasteiger partial charge in [0.15, 0.2) is 0 Å². The van der Waals surface area contributed by atoms with Crippen LogP contribution < -0.4 is 16.5 Å². The van der Waals surface area contributed by atoms with Crippen molar-refractivity contribution in [1.29, 1.82) is 0 Å². The molecule has 0 N–H and O–H groups in total. The highest BCUT2D eigenvalue weighted by atomic mass is 31.2. The molecular formula is C20H24O3P+. The molecule has 0 bridgehead atoms. The van der Waals surface area contributed by atoms with Crippen molar-refractivity contribution in [2.45, 2.75) is 34.6 Å². The molecule has 24 heavy (non-hydrogen) atoms. The van der Waals surface area contributed by atoms with Gasteiger partial charge in [-0.15, -0.1) is 0 Å². The van der Waals surface area contributed by atoms with Crippen LogP contribution in [0.25, 0.3) is 0 Å². The van der Waals surface area contributed by atoms with Gasteiger partial charge in [-0.3, -0.25) is 0 Å². The Kier molecular flexibility index (Phi) is 4.56. The van der Waals surface area contributed by atoms with Crippen molar-refractivity contribution in [3.63, 3.8) is 0 Å². The second-order valence-electron chi connectivity index (χ2n) is 6.43. The van der Waals surface area contributed by atoms with E-state index in [-0.39, 0.29) is 0 Å². The quantitative estimate of drug-likeness (QED) is 0.500. The van der Waals surface area contributed by atoms with Gasteiger partial charge in [-0.2, -0.15) is 0 Å². The van der Waals surface area contributed by atoms with E-state index in [0.29, 0.717) is 0 Å². The smallest absolute Gasteiger partial charge is 0.263 e. The van der Waals surface area contributed by atoms with Crippen LogP contribution in [0.4, 0.5) is 0 Å². The molecule has 0 saturated heterocycles. The van der Waals surface area contributed by atoms with Gasteiger partial charge < -0.3 is 13.3 Å². The molecule has 3 aromatic heterocycles. The van der Waals surface area contributed by atoms with E-state index in [0.717, 1.165) is 39.9 Å². The largest absolute Gasteiger partial charge is 0.431 e. The van der Waals surface area contributed by atoms with E-state index in [9.17, 15) is 0 Å². The summed E-state index contributed by atoms with van der Waals surface area (Å²) in [6.45, 7) is 10.1. The first-order valence-corrected chi connectivity index (χ1v) is 10.1. The number of hydrogen-bond acceptors (Lipinski definition) is 3. The molecule has 0 atom stereocenters. The number of rotatable bonds is 5. The van der Waals surface area contributed by atoms with Crippen molar-refractivity contribution < 1.29 is 13.3 Å². The molecule has 0 saturated carbocycles. The van der Waals surface area contributed by atoms with Crippen molar-refractivity contribution in [1.82, 2.24) is 0 Å². The summed E-state index contributed by atoms with van der Waals surface area (Å²) in [6.07, 6.45) is 3.07. The third kappa shape index (κ3) is 3.01. The first-order valence-electron chi connectivity index (χ1n) is 8.14. The summed E-state index contributed by atoms with van der Waals surface area (Å²) in [6, 6.07) is 12.2. The van der Waals surface area contributed by atoms with Crippen LogP contribution in [0.3, 0.4) is 0 Å². The van der Waals surface area contributed by atoms with Crippen LogP contribution in [-0.4, -0.2) is 6.16 Å². The highest BCUT2D eigenvalue weighted by Gasteiger charge is 2.53. The monoisotopic (exact) mass is 343 g/mol. The summed E-state index contributed by atoms with van der Waals surface area (Å²) >= 11 is 0. The van der Waals surface area contributed by atoms with E-state index >= 15 is 0 Å². The highest BCUT2D eigenvalue weighted by molar-refractivity contribution is 7.95. The molecule has 0 spiro atoms. The van der Waals surface area contributed by atoms with Gasteiger partial charge in [0.05, 0.1) is 0 Å². The van der Waals surface area contributed by atoms with Crippen molar-refractivity contribution >= 4 is 23.8 Å². The molecule has 4 heteroatoms. The summed E-state index contributed by atoms with van der Waals surface area (Å²) in [7, 11) is -2.12. The lowest BCUT2D eigenvalue weighted by molar-refractivity contribution is 0.547. The molecule has 0 aliphatic carbocycles. The molecule has 0 aliphatic rings. The molecule has 0 fully saturated rings. The Morgan fingerprint density at radius 1 is 0.750 bits per heavy atom. The maximum atomic E-state index is 6.11. The normalized spacial score (nSPS) is 11.7. The second kappa shape index (κ2) is 6.49. The fourth-order valence-corrected chi connectivity index (χ4v) is 6.51. The van der Waals surface area contributed by atoms with Gasteiger partial charge in [-0.1, -0.05) is 5.57 Å². The second-order valence-corrected chi connectivity index (χ2v) is 9.73. The Morgan fingerprint density at radius 3 is 1.38 bits per heavy atom. The minimum absolute atomic E-state index is 0.822. The van der Waals surface area contributed by atoms with E-state index < -0.39 is 7.26 Å². The average Bonchev–Trinajstić information content (AvgIpc) is 3.23. The third-order valence-electron chi connectivity index (χ3n) is 4.08. The average molecular weight is 343 g/mol. The Morgan fingerprint density at radius 2 is 1.12 bits per heavy atom. The molecule has 0 amide bonds. The van der Waals surface area contributed by atoms with Gasteiger partial charge >= 0.3 is 0 Å². The van der Waals surface area contributed by atoms with E-state index in [2.05, 4.69) is 38.1 Å². The lowest BCUT2D eigenvalue weighted by atomic mass is 10.3. The topological polar surface area (TPSA) is 39.4 Å². The molecule has 3 rings (SSSR count). The SMILES string of the molecule is CC(C)=CC[P+](c1ccc(C)o1)(c1ccc(C)o1)c1ccc(C)o1. The van der Waals surface area contributed by atoms with Crippen LogP contribution in [-0.2, 0) is 0 Å². The zero-order chi connectivity index (χ0) is 17.3. The Hall–Kier alpha value is -1.99. The van der Waals surface area contributed by atoms with Crippen LogP contribution in [0.2, 0.25) is 0 Å². The fourth-order valence-electron chi connectivity index (χ4n) is 2.80. The summed E-state index contributed by atoms with van der Waals surface area (Å²) in [5.41, 5.74) is 4.11. The molecule has 0 aromatic carbocycles. The van der Waals surface area contributed by atoms with Crippen molar-refractivity contribution in [3.8, 4) is 0 Å². The Bertz CT molecular complexity index is 761. The molecule has 0 aliphatic heterocycles. The third-order valence-corrected chi connectivity index (χ3v) is 7.79. The van der Waals surface area contributed by atoms with Crippen LogP contribution in [0.15, 0.2) is 61.3 Å². The van der Waals surface area contributed by atoms with E-state index in [4.69, 9.17) is 13.3 Å². The summed E-state index contributed by atoms with van der Waals surface area (Å²) < 4.78 is 18.3. The number of hydrogen-bond donors (Lipinski definition) is 0. The summed E-state index contributed by atoms with van der Waals surface area (Å²) in [4.78, 5) is 0. The van der Waals surface area contributed by atoms with Crippen molar-refractivity contribution in [2.75, 3.05) is 6.16 Å².